The molecule has 0 unspecified atom stereocenters. The quantitative estimate of drug-likeness (QED) is 0.509. The van der Waals surface area contributed by atoms with Gasteiger partial charge in [0.2, 0.25) is 17.6 Å². The number of halogens is 2. The lowest BCUT2D eigenvalue weighted by Gasteiger charge is -2.29. The molecule has 13 heteroatoms. The molecule has 0 spiro atoms. The molecule has 4 rings (SSSR count). The molecule has 0 aromatic carbocycles. The zero-order chi connectivity index (χ0) is 21.8. The Morgan fingerprint density at radius 1 is 1.19 bits per heavy atom. The molecule has 1 aliphatic rings. The summed E-state index contributed by atoms with van der Waals surface area (Å²) in [6.45, 7) is 3.62. The van der Waals surface area contributed by atoms with E-state index in [1.54, 1.807) is 17.9 Å². The highest BCUT2D eigenvalue weighted by atomic mass is 19.1. The minimum absolute atomic E-state index is 0.0538. The summed E-state index contributed by atoms with van der Waals surface area (Å²) in [6.07, 6.45) is 2.10. The molecule has 11 nitrogen and oxygen atoms in total. The Labute approximate surface area is 176 Å². The van der Waals surface area contributed by atoms with E-state index >= 15 is 4.39 Å². The van der Waals surface area contributed by atoms with E-state index in [4.69, 9.17) is 9.47 Å². The van der Waals surface area contributed by atoms with Crippen LogP contribution in [0.25, 0.3) is 0 Å². The molecule has 4 heterocycles. The zero-order valence-corrected chi connectivity index (χ0v) is 16.9. The van der Waals surface area contributed by atoms with E-state index in [1.165, 1.54) is 7.11 Å². The second-order valence-electron chi connectivity index (χ2n) is 6.70. The van der Waals surface area contributed by atoms with Crippen LogP contribution < -0.4 is 20.3 Å². The van der Waals surface area contributed by atoms with Crippen LogP contribution in [-0.2, 0) is 4.74 Å². The van der Waals surface area contributed by atoms with Gasteiger partial charge in [-0.2, -0.15) is 19.5 Å². The van der Waals surface area contributed by atoms with Gasteiger partial charge < -0.3 is 25.0 Å². The van der Waals surface area contributed by atoms with Gasteiger partial charge in [0.15, 0.2) is 23.3 Å². The van der Waals surface area contributed by atoms with Gasteiger partial charge in [0.05, 0.1) is 38.8 Å². The SMILES string of the molecule is COc1cc(Nc2nc(N[C@@H](C)c3ncc(F)cn3)c(F)c(N3CCOCC3)n2)n[nH]1. The number of rotatable bonds is 7. The zero-order valence-electron chi connectivity index (χ0n) is 16.9. The molecule has 0 radical (unpaired) electrons. The van der Waals surface area contributed by atoms with Crippen LogP contribution >= 0.6 is 0 Å². The van der Waals surface area contributed by atoms with Crippen LogP contribution in [-0.4, -0.2) is 63.5 Å². The molecule has 1 fully saturated rings. The lowest BCUT2D eigenvalue weighted by molar-refractivity contribution is 0.122. The Morgan fingerprint density at radius 3 is 2.61 bits per heavy atom. The van der Waals surface area contributed by atoms with Crippen molar-refractivity contribution in [1.29, 1.82) is 0 Å². The van der Waals surface area contributed by atoms with E-state index in [9.17, 15) is 4.39 Å². The summed E-state index contributed by atoms with van der Waals surface area (Å²) in [5, 5.41) is 12.6. The first-order valence-corrected chi connectivity index (χ1v) is 9.54. The van der Waals surface area contributed by atoms with Crippen molar-refractivity contribution in [2.75, 3.05) is 48.9 Å². The Kier molecular flexibility index (Phi) is 6.02. The number of nitrogens with one attached hydrogen (secondary N) is 3. The van der Waals surface area contributed by atoms with Crippen LogP contribution in [0.5, 0.6) is 5.88 Å². The predicted molar refractivity (Wildman–Crippen MR) is 107 cm³/mol. The van der Waals surface area contributed by atoms with Gasteiger partial charge in [0.25, 0.3) is 0 Å². The number of anilines is 4. The van der Waals surface area contributed by atoms with E-state index in [0.29, 0.717) is 43.8 Å². The largest absolute Gasteiger partial charge is 0.481 e. The monoisotopic (exact) mass is 433 g/mol. The van der Waals surface area contributed by atoms with Gasteiger partial charge in [0, 0.05) is 19.2 Å². The minimum atomic E-state index is -0.624. The normalized spacial score (nSPS) is 14.9. The fourth-order valence-electron chi connectivity index (χ4n) is 2.97. The van der Waals surface area contributed by atoms with E-state index in [2.05, 4.69) is 40.8 Å². The number of methoxy groups -OCH3 is 1. The van der Waals surface area contributed by atoms with Crippen LogP contribution in [0.4, 0.5) is 32.2 Å². The maximum absolute atomic E-state index is 15.3. The third-order valence-electron chi connectivity index (χ3n) is 4.54. The molecule has 3 aromatic heterocycles. The number of ether oxygens (including phenoxy) is 2. The fourth-order valence-corrected chi connectivity index (χ4v) is 2.97. The Morgan fingerprint density at radius 2 is 1.94 bits per heavy atom. The number of morpholine rings is 1. The number of aromatic nitrogens is 6. The molecule has 164 valence electrons. The van der Waals surface area contributed by atoms with Gasteiger partial charge in [-0.25, -0.2) is 19.5 Å². The van der Waals surface area contributed by atoms with Crippen molar-refractivity contribution >= 4 is 23.4 Å². The minimum Gasteiger partial charge on any atom is -0.481 e. The molecule has 0 amide bonds. The van der Waals surface area contributed by atoms with Crippen LogP contribution in [0.2, 0.25) is 0 Å². The highest BCUT2D eigenvalue weighted by Gasteiger charge is 2.23. The molecular weight excluding hydrogens is 412 g/mol. The van der Waals surface area contributed by atoms with Gasteiger partial charge in [-0.1, -0.05) is 0 Å². The number of nitrogens with zero attached hydrogens (tertiary/aromatic N) is 6. The highest BCUT2D eigenvalue weighted by Crippen LogP contribution is 2.28. The molecule has 3 aromatic rings. The summed E-state index contributed by atoms with van der Waals surface area (Å²) in [6, 6.07) is 1.07. The van der Waals surface area contributed by atoms with Gasteiger partial charge in [-0.15, -0.1) is 0 Å². The van der Waals surface area contributed by atoms with Gasteiger partial charge in [-0.3, -0.25) is 0 Å². The van der Waals surface area contributed by atoms with Crippen molar-refractivity contribution in [3.05, 3.63) is 35.9 Å². The molecule has 0 bridgehead atoms. The van der Waals surface area contributed by atoms with Crippen molar-refractivity contribution in [3.8, 4) is 5.88 Å². The average Bonchev–Trinajstić information content (AvgIpc) is 3.24. The van der Waals surface area contributed by atoms with Crippen molar-refractivity contribution in [2.24, 2.45) is 0 Å². The van der Waals surface area contributed by atoms with E-state index < -0.39 is 17.7 Å². The highest BCUT2D eigenvalue weighted by molar-refractivity contribution is 5.59. The summed E-state index contributed by atoms with van der Waals surface area (Å²) >= 11 is 0. The van der Waals surface area contributed by atoms with Crippen LogP contribution in [0, 0.1) is 11.6 Å². The van der Waals surface area contributed by atoms with Gasteiger partial charge in [0.1, 0.15) is 5.82 Å². The van der Waals surface area contributed by atoms with Crippen molar-refractivity contribution in [3.63, 3.8) is 0 Å². The van der Waals surface area contributed by atoms with Crippen molar-refractivity contribution in [2.45, 2.75) is 13.0 Å². The predicted octanol–water partition coefficient (Wildman–Crippen LogP) is 2.03. The molecular formula is C18H21F2N9O2. The molecule has 0 saturated carbocycles. The number of hydrogen-bond donors (Lipinski definition) is 3. The smallest absolute Gasteiger partial charge is 0.232 e. The maximum atomic E-state index is 15.3. The average molecular weight is 433 g/mol. The second kappa shape index (κ2) is 9.04. The Bertz CT molecular complexity index is 1030. The number of hydrogen-bond acceptors (Lipinski definition) is 10. The first-order chi connectivity index (χ1) is 15.0. The second-order valence-corrected chi connectivity index (χ2v) is 6.70. The third-order valence-corrected chi connectivity index (χ3v) is 4.54. The van der Waals surface area contributed by atoms with Gasteiger partial charge in [-0.05, 0) is 6.92 Å². The number of aromatic amines is 1. The summed E-state index contributed by atoms with van der Waals surface area (Å²) < 4.78 is 38.9. The molecule has 31 heavy (non-hydrogen) atoms. The molecule has 1 saturated heterocycles. The molecule has 1 atom stereocenters. The first kappa shape index (κ1) is 20.7. The summed E-state index contributed by atoms with van der Waals surface area (Å²) in [5.41, 5.74) is 0. The maximum Gasteiger partial charge on any atom is 0.232 e. The van der Waals surface area contributed by atoms with Crippen LogP contribution in [0.1, 0.15) is 18.8 Å². The number of H-pyrrole nitrogens is 1. The van der Waals surface area contributed by atoms with Gasteiger partial charge >= 0.3 is 0 Å². The molecule has 3 N–H and O–H groups in total. The lowest BCUT2D eigenvalue weighted by Crippen LogP contribution is -2.37. The Hall–Kier alpha value is -3.61. The first-order valence-electron chi connectivity index (χ1n) is 9.54. The molecule has 0 aliphatic carbocycles. The van der Waals surface area contributed by atoms with E-state index in [0.717, 1.165) is 12.4 Å². The summed E-state index contributed by atoms with van der Waals surface area (Å²) in [5.74, 6) is 0.155. The lowest BCUT2D eigenvalue weighted by atomic mass is 10.3. The third kappa shape index (κ3) is 4.77. The topological polar surface area (TPSA) is 126 Å². The van der Waals surface area contributed by atoms with Crippen molar-refractivity contribution < 1.29 is 18.3 Å². The Balaban J connectivity index is 1.65. The standard InChI is InChI=1S/C18H21F2N9O2/c1-10(15-21-8-11(19)9-22-15)23-16-14(20)17(29-3-5-31-6-4-29)26-18(25-16)24-12-7-13(30-2)28-27-12/h7-10H,3-6H2,1-2H3,(H3,23,24,25,26,27,28)/t10-/m0/s1. The fraction of sp³-hybridized carbons (Fsp3) is 0.389. The van der Waals surface area contributed by atoms with E-state index in [-0.39, 0.29) is 17.6 Å². The summed E-state index contributed by atoms with van der Waals surface area (Å²) in [4.78, 5) is 18.2. The van der Waals surface area contributed by atoms with Crippen molar-refractivity contribution in [1.82, 2.24) is 30.1 Å². The molecule has 1 aliphatic heterocycles. The van der Waals surface area contributed by atoms with Crippen LogP contribution in [0.15, 0.2) is 18.5 Å². The van der Waals surface area contributed by atoms with Crippen LogP contribution in [0.3, 0.4) is 0 Å². The summed E-state index contributed by atoms with van der Waals surface area (Å²) in [7, 11) is 1.50. The van der Waals surface area contributed by atoms with E-state index in [1.807, 2.05) is 0 Å².